The summed E-state index contributed by atoms with van der Waals surface area (Å²) in [4.78, 5) is 17.8. The summed E-state index contributed by atoms with van der Waals surface area (Å²) in [5.41, 5.74) is 3.93. The second-order valence-electron chi connectivity index (χ2n) is 8.30. The number of benzene rings is 2. The number of fused-ring (bicyclic) bond motifs is 1. The number of nitrogens with one attached hydrogen (secondary N) is 1. The van der Waals surface area contributed by atoms with Crippen molar-refractivity contribution in [1.29, 1.82) is 0 Å². The second-order valence-corrected chi connectivity index (χ2v) is 9.53. The van der Waals surface area contributed by atoms with Crippen LogP contribution in [0, 0.1) is 5.92 Å². The molecule has 2 heterocycles. The standard InChI is InChI=1S/C25H26N4O2S/c1-3-32-25-27-24-26-20-13-16(2)14-21(30)22(20)23(29(24)28-25)18-9-11-19(12-10-18)31-15-17-7-5-4-6-8-17/h4-12,16,23H,3,13-15H2,1-2H3,(H,26,27,28)/t16-,23-/m1/s1. The Bertz CT molecular complexity index is 1150. The van der Waals surface area contributed by atoms with E-state index in [1.54, 1.807) is 11.8 Å². The molecule has 0 unspecified atom stereocenters. The molecule has 2 aliphatic rings. The summed E-state index contributed by atoms with van der Waals surface area (Å²) in [5, 5.41) is 8.85. The largest absolute Gasteiger partial charge is 0.489 e. The van der Waals surface area contributed by atoms with Gasteiger partial charge in [-0.15, -0.1) is 5.10 Å². The molecule has 0 radical (unpaired) electrons. The number of anilines is 1. The van der Waals surface area contributed by atoms with E-state index in [1.807, 2.05) is 59.3 Å². The maximum Gasteiger partial charge on any atom is 0.227 e. The van der Waals surface area contributed by atoms with Crippen molar-refractivity contribution in [1.82, 2.24) is 14.8 Å². The summed E-state index contributed by atoms with van der Waals surface area (Å²) >= 11 is 1.60. The average molecular weight is 447 g/mol. The number of thioether (sulfide) groups is 1. The molecule has 1 aliphatic carbocycles. The summed E-state index contributed by atoms with van der Waals surface area (Å²) in [6.45, 7) is 4.72. The van der Waals surface area contributed by atoms with Crippen LogP contribution in [0.25, 0.3) is 0 Å². The van der Waals surface area contributed by atoms with E-state index in [9.17, 15) is 4.79 Å². The van der Waals surface area contributed by atoms with Gasteiger partial charge in [0.15, 0.2) is 5.78 Å². The fourth-order valence-corrected chi connectivity index (χ4v) is 4.93. The van der Waals surface area contributed by atoms with Crippen molar-refractivity contribution >= 4 is 23.5 Å². The minimum Gasteiger partial charge on any atom is -0.489 e. The van der Waals surface area contributed by atoms with Gasteiger partial charge in [0, 0.05) is 17.7 Å². The van der Waals surface area contributed by atoms with Gasteiger partial charge in [0.2, 0.25) is 11.1 Å². The van der Waals surface area contributed by atoms with Gasteiger partial charge < -0.3 is 10.1 Å². The summed E-state index contributed by atoms with van der Waals surface area (Å²) in [6.07, 6.45) is 1.41. The van der Waals surface area contributed by atoms with Crippen molar-refractivity contribution in [3.05, 3.63) is 77.0 Å². The van der Waals surface area contributed by atoms with E-state index in [1.165, 1.54) is 0 Å². The molecular formula is C25H26N4O2S. The van der Waals surface area contributed by atoms with Crippen LogP contribution in [0.2, 0.25) is 0 Å². The number of ketones is 1. The molecule has 164 valence electrons. The topological polar surface area (TPSA) is 69.0 Å². The average Bonchev–Trinajstić information content (AvgIpc) is 3.19. The van der Waals surface area contributed by atoms with Gasteiger partial charge in [0.05, 0.1) is 0 Å². The van der Waals surface area contributed by atoms with Crippen LogP contribution in [0.4, 0.5) is 5.95 Å². The Morgan fingerprint density at radius 2 is 1.91 bits per heavy atom. The van der Waals surface area contributed by atoms with E-state index in [-0.39, 0.29) is 11.8 Å². The highest BCUT2D eigenvalue weighted by Crippen LogP contribution is 2.42. The number of carbonyl (C=O) groups is 1. The van der Waals surface area contributed by atoms with Gasteiger partial charge in [-0.2, -0.15) is 4.98 Å². The molecule has 1 aromatic heterocycles. The van der Waals surface area contributed by atoms with Crippen LogP contribution in [-0.2, 0) is 11.4 Å². The molecule has 2 atom stereocenters. The number of ether oxygens (including phenoxy) is 1. The lowest BCUT2D eigenvalue weighted by atomic mass is 9.81. The first kappa shape index (κ1) is 20.8. The lowest BCUT2D eigenvalue weighted by molar-refractivity contribution is -0.117. The van der Waals surface area contributed by atoms with Crippen LogP contribution < -0.4 is 10.1 Å². The Labute approximate surface area is 192 Å². The number of nitrogens with zero attached hydrogens (tertiary/aromatic N) is 3. The van der Waals surface area contributed by atoms with Gasteiger partial charge in [-0.05, 0) is 41.4 Å². The molecule has 0 amide bonds. The molecule has 0 bridgehead atoms. The molecule has 0 fully saturated rings. The smallest absolute Gasteiger partial charge is 0.227 e. The third-order valence-corrected chi connectivity index (χ3v) is 6.54. The lowest BCUT2D eigenvalue weighted by Crippen LogP contribution is -2.33. The summed E-state index contributed by atoms with van der Waals surface area (Å²) < 4.78 is 7.82. The number of rotatable bonds is 6. The van der Waals surface area contributed by atoms with Crippen LogP contribution in [-0.4, -0.2) is 26.3 Å². The van der Waals surface area contributed by atoms with Gasteiger partial charge in [0.25, 0.3) is 0 Å². The van der Waals surface area contributed by atoms with Crippen molar-refractivity contribution in [2.75, 3.05) is 11.1 Å². The maximum absolute atomic E-state index is 13.1. The highest BCUT2D eigenvalue weighted by atomic mass is 32.2. The van der Waals surface area contributed by atoms with E-state index in [0.717, 1.165) is 45.5 Å². The molecule has 2 aromatic carbocycles. The Balaban J connectivity index is 1.46. The highest BCUT2D eigenvalue weighted by Gasteiger charge is 2.38. The molecule has 3 aromatic rings. The first-order chi connectivity index (χ1) is 15.6. The normalized spacial score (nSPS) is 19.9. The van der Waals surface area contributed by atoms with E-state index in [0.29, 0.717) is 24.9 Å². The first-order valence-corrected chi connectivity index (χ1v) is 12.0. The monoisotopic (exact) mass is 446 g/mol. The summed E-state index contributed by atoms with van der Waals surface area (Å²) in [6, 6.07) is 17.8. The zero-order chi connectivity index (χ0) is 22.1. The molecule has 7 heteroatoms. The maximum atomic E-state index is 13.1. The highest BCUT2D eigenvalue weighted by molar-refractivity contribution is 7.99. The van der Waals surface area contributed by atoms with E-state index in [2.05, 4.69) is 24.1 Å². The number of aromatic nitrogens is 3. The number of Topliss-reactive ketones (excluding diaryl/α,β-unsaturated/α-hetero) is 1. The fraction of sp³-hybridized carbons (Fsp3) is 0.320. The summed E-state index contributed by atoms with van der Waals surface area (Å²) in [5.74, 6) is 2.90. The molecule has 5 rings (SSSR count). The Hall–Kier alpha value is -3.06. The van der Waals surface area contributed by atoms with E-state index in [4.69, 9.17) is 9.84 Å². The van der Waals surface area contributed by atoms with Crippen molar-refractivity contribution in [2.45, 2.75) is 44.5 Å². The molecule has 0 spiro atoms. The predicted octanol–water partition coefficient (Wildman–Crippen LogP) is 5.24. The molecule has 1 N–H and O–H groups in total. The van der Waals surface area contributed by atoms with Gasteiger partial charge in [-0.3, -0.25) is 4.79 Å². The third kappa shape index (κ3) is 4.05. The van der Waals surface area contributed by atoms with Gasteiger partial charge in [0.1, 0.15) is 18.4 Å². The Kier molecular flexibility index (Phi) is 5.74. The van der Waals surface area contributed by atoms with Crippen LogP contribution in [0.3, 0.4) is 0 Å². The van der Waals surface area contributed by atoms with Crippen LogP contribution >= 0.6 is 11.8 Å². The Morgan fingerprint density at radius 1 is 1.12 bits per heavy atom. The lowest BCUT2D eigenvalue weighted by Gasteiger charge is -2.34. The van der Waals surface area contributed by atoms with Gasteiger partial charge >= 0.3 is 0 Å². The van der Waals surface area contributed by atoms with Crippen LogP contribution in [0.5, 0.6) is 5.75 Å². The van der Waals surface area contributed by atoms with Crippen LogP contribution in [0.1, 0.15) is 43.9 Å². The number of allylic oxidation sites excluding steroid dienone is 2. The quantitative estimate of drug-likeness (QED) is 0.523. The summed E-state index contributed by atoms with van der Waals surface area (Å²) in [7, 11) is 0. The minimum absolute atomic E-state index is 0.187. The van der Waals surface area contributed by atoms with E-state index < -0.39 is 0 Å². The van der Waals surface area contributed by atoms with E-state index >= 15 is 0 Å². The minimum atomic E-state index is -0.275. The molecule has 32 heavy (non-hydrogen) atoms. The van der Waals surface area contributed by atoms with Crippen molar-refractivity contribution in [3.8, 4) is 5.75 Å². The molecule has 0 saturated heterocycles. The van der Waals surface area contributed by atoms with Crippen LogP contribution in [0.15, 0.2) is 71.0 Å². The molecule has 0 saturated carbocycles. The zero-order valence-corrected chi connectivity index (χ0v) is 19.1. The van der Waals surface area contributed by atoms with Crippen molar-refractivity contribution in [3.63, 3.8) is 0 Å². The number of hydrogen-bond acceptors (Lipinski definition) is 6. The van der Waals surface area contributed by atoms with Crippen molar-refractivity contribution < 1.29 is 9.53 Å². The number of hydrogen-bond donors (Lipinski definition) is 1. The SMILES string of the molecule is CCSc1nc2n(n1)[C@H](c1ccc(OCc3ccccc3)cc1)C1=C(C[C@@H](C)CC1=O)N2. The Morgan fingerprint density at radius 3 is 2.66 bits per heavy atom. The molecule has 6 nitrogen and oxygen atoms in total. The second kappa shape index (κ2) is 8.82. The first-order valence-electron chi connectivity index (χ1n) is 11.0. The number of carbonyl (C=O) groups excluding carboxylic acids is 1. The van der Waals surface area contributed by atoms with Crippen molar-refractivity contribution in [2.24, 2.45) is 5.92 Å². The van der Waals surface area contributed by atoms with Gasteiger partial charge in [-0.1, -0.05) is 68.1 Å². The van der Waals surface area contributed by atoms with Gasteiger partial charge in [-0.25, -0.2) is 4.68 Å². The predicted molar refractivity (Wildman–Crippen MR) is 126 cm³/mol. The molecular weight excluding hydrogens is 420 g/mol. The zero-order valence-electron chi connectivity index (χ0n) is 18.2. The molecule has 1 aliphatic heterocycles. The fourth-order valence-electron chi connectivity index (χ4n) is 4.37. The third-order valence-electron chi connectivity index (χ3n) is 5.82.